The summed E-state index contributed by atoms with van der Waals surface area (Å²) in [6.45, 7) is 16.0. The molecule has 0 aromatic heterocycles. The number of carboxylic acids is 8. The lowest BCUT2D eigenvalue weighted by molar-refractivity contribution is -0.192. The third kappa shape index (κ3) is 43.3. The number of urea groups is 1. The lowest BCUT2D eigenvalue weighted by atomic mass is 9.85. The molecule has 2 amide bonds. The molecule has 1 aromatic carbocycles. The van der Waals surface area contributed by atoms with Crippen LogP contribution in [0.1, 0.15) is 148 Å². The van der Waals surface area contributed by atoms with Gasteiger partial charge in [-0.3, -0.25) is 37.9 Å². The van der Waals surface area contributed by atoms with Crippen molar-refractivity contribution in [3.8, 4) is 0 Å². The van der Waals surface area contributed by atoms with Crippen LogP contribution in [0.5, 0.6) is 0 Å². The minimum Gasteiger partial charge on any atom is -0.481 e. The first kappa shape index (κ1) is 73.5. The molecule has 5 unspecified atom stereocenters. The largest absolute Gasteiger partial charge is 0.481 e. The summed E-state index contributed by atoms with van der Waals surface area (Å²) in [7, 11) is -7.12. The van der Waals surface area contributed by atoms with Crippen LogP contribution in [0.4, 0.5) is 4.79 Å². The van der Waals surface area contributed by atoms with Gasteiger partial charge in [-0.05, 0) is 73.8 Å². The molecule has 1 aromatic rings. The molecule has 0 radical (unpaired) electrons. The van der Waals surface area contributed by atoms with E-state index in [1.165, 1.54) is 24.3 Å². The Morgan fingerprint density at radius 1 is 0.575 bits per heavy atom. The van der Waals surface area contributed by atoms with Gasteiger partial charge in [-0.1, -0.05) is 73.6 Å². The van der Waals surface area contributed by atoms with E-state index in [4.69, 9.17) is 40.2 Å². The molecule has 0 heterocycles. The lowest BCUT2D eigenvalue weighted by Crippen LogP contribution is -2.46. The fourth-order valence-electron chi connectivity index (χ4n) is 5.84. The Morgan fingerprint density at radius 3 is 1.40 bits per heavy atom. The van der Waals surface area contributed by atoms with Gasteiger partial charge in [0.2, 0.25) is 14.7 Å². The number of hydrogen-bond acceptors (Lipinski definition) is 13. The second-order valence-corrected chi connectivity index (χ2v) is 24.0. The number of aliphatic carboxylic acids is 7. The van der Waals surface area contributed by atoms with Crippen LogP contribution in [0, 0.1) is 22.7 Å². The Kier molecular flexibility index (Phi) is 38.0. The van der Waals surface area contributed by atoms with Crippen molar-refractivity contribution >= 4 is 74.7 Å². The summed E-state index contributed by atoms with van der Waals surface area (Å²) in [6.07, 6.45) is 1.88. The van der Waals surface area contributed by atoms with Crippen LogP contribution in [0.2, 0.25) is 0 Å². The van der Waals surface area contributed by atoms with E-state index in [2.05, 4.69) is 10.6 Å². The van der Waals surface area contributed by atoms with E-state index < -0.39 is 98.5 Å². The van der Waals surface area contributed by atoms with Crippen LogP contribution >= 0.6 is 14.7 Å². The van der Waals surface area contributed by atoms with Gasteiger partial charge in [-0.2, -0.15) is 9.59 Å². The number of carbonyl (C=O) groups is 9. The summed E-state index contributed by atoms with van der Waals surface area (Å²) in [6, 6.07) is 3.92. The minimum atomic E-state index is -3.69. The number of amides is 2. The topological polar surface area (TPSA) is 448 Å². The van der Waals surface area contributed by atoms with Crippen LogP contribution in [-0.4, -0.2) is 148 Å². The number of rotatable bonds is 28. The highest BCUT2D eigenvalue weighted by Gasteiger charge is 2.34. The Labute approximate surface area is 424 Å². The average molecular weight is 1090 g/mol. The highest BCUT2D eigenvalue weighted by molar-refractivity contribution is 7.58. The summed E-state index contributed by atoms with van der Waals surface area (Å²) in [5, 5.41) is 74.9. The fourth-order valence-corrected chi connectivity index (χ4v) is 9.87. The highest BCUT2D eigenvalue weighted by atomic mass is 31.2. The van der Waals surface area contributed by atoms with E-state index in [0.29, 0.717) is 25.8 Å². The van der Waals surface area contributed by atoms with Gasteiger partial charge in [0.15, 0.2) is 0 Å². The molecule has 418 valence electrons. The smallest absolute Gasteiger partial charge is 0.373 e. The molecule has 27 heteroatoms. The summed E-state index contributed by atoms with van der Waals surface area (Å²) in [5.74, 6) is -11.9. The summed E-state index contributed by atoms with van der Waals surface area (Å²) in [4.78, 5) is 133. The zero-order valence-electron chi connectivity index (χ0n) is 42.6. The van der Waals surface area contributed by atoms with Crippen LogP contribution in [0.15, 0.2) is 24.3 Å². The van der Waals surface area contributed by atoms with Crippen molar-refractivity contribution in [1.29, 1.82) is 0 Å². The van der Waals surface area contributed by atoms with E-state index in [1.807, 2.05) is 48.5 Å². The standard InChI is InChI=1S/C16H23O6P.C11H20O4.C9H16N2O5.C9H17O6P.CO2/c1-16(2,3)8-9-23(21,22)10-13(15(19)20)11-6-4-5-7-12(11)14(17)18;1-11(2,3)7-6-8(10(14)15)4-5-9(12)13;1-2-5-10-9(16)11-6(8(14)15)3-4-7(12)13;1-2-5-16(14,15)6-7(9(12)13)3-4-8(10)11;2-1-3/h4-7,13H,8-10H2,1-3H3,(H,17,18)(H,19,20)(H,21,22);8H,4-7H2,1-3H3,(H,12,13)(H,14,15);6H,2-5H2,1H3,(H,12,13)(H,14,15)(H2,10,11,16);7H,2-6H2,1H3,(H,10,11)(H,12,13)(H,14,15);/t;;6-;;/m..0../s1. The Hall–Kier alpha value is -5.99. The number of hydrogen-bond donors (Lipinski definition) is 12. The molecule has 0 aliphatic rings. The monoisotopic (exact) mass is 1090 g/mol. The van der Waals surface area contributed by atoms with Gasteiger partial charge in [-0.15, -0.1) is 0 Å². The van der Waals surface area contributed by atoms with Gasteiger partial charge in [0.05, 0.1) is 23.3 Å². The third-order valence-electron chi connectivity index (χ3n) is 9.76. The van der Waals surface area contributed by atoms with E-state index >= 15 is 0 Å². The zero-order chi connectivity index (χ0) is 57.9. The first-order valence-corrected chi connectivity index (χ1v) is 26.9. The van der Waals surface area contributed by atoms with Crippen molar-refractivity contribution in [2.75, 3.05) is 31.2 Å². The van der Waals surface area contributed by atoms with Crippen LogP contribution in [0.25, 0.3) is 0 Å². The molecule has 0 saturated heterocycles. The van der Waals surface area contributed by atoms with Crippen LogP contribution < -0.4 is 10.6 Å². The molecule has 0 saturated carbocycles. The van der Waals surface area contributed by atoms with Gasteiger partial charge in [-0.25, -0.2) is 14.4 Å². The quantitative estimate of drug-likeness (QED) is 0.0409. The molecular formula is C46H76N2O23P2. The summed E-state index contributed by atoms with van der Waals surface area (Å²) in [5.41, 5.74) is -0.152. The van der Waals surface area contributed by atoms with Gasteiger partial charge < -0.3 is 61.3 Å². The first-order valence-electron chi connectivity index (χ1n) is 22.9. The first-order chi connectivity index (χ1) is 33.3. The maximum absolute atomic E-state index is 12.4. The van der Waals surface area contributed by atoms with Crippen molar-refractivity contribution in [3.05, 3.63) is 35.4 Å². The van der Waals surface area contributed by atoms with Crippen molar-refractivity contribution < 1.29 is 113 Å². The SMILES string of the molecule is CC(C)(C)CCC(CCC(=O)O)C(=O)O.CC(C)(C)CCP(=O)(O)CC(C(=O)O)c1ccccc1C(=O)O.CCCNC(=O)N[C@@H](CCC(=O)O)C(=O)O.CCCP(=O)(O)CC(CCC(=O)O)C(=O)O.O=C=O. The number of nitrogens with one attached hydrogen (secondary N) is 2. The van der Waals surface area contributed by atoms with Crippen molar-refractivity contribution in [2.45, 2.75) is 138 Å². The Bertz CT molecular complexity index is 2060. The van der Waals surface area contributed by atoms with E-state index in [1.54, 1.807) is 6.92 Å². The van der Waals surface area contributed by atoms with E-state index in [-0.39, 0.29) is 85.1 Å². The number of carbonyl (C=O) groups excluding carboxylic acids is 3. The Balaban J connectivity index is -0.000000433. The molecule has 0 bridgehead atoms. The molecule has 0 spiro atoms. The summed E-state index contributed by atoms with van der Waals surface area (Å²) < 4.78 is 23.9. The second kappa shape index (κ2) is 37.7. The molecule has 0 fully saturated rings. The molecule has 0 aliphatic carbocycles. The van der Waals surface area contributed by atoms with Gasteiger partial charge in [0.25, 0.3) is 0 Å². The molecule has 0 aliphatic heterocycles. The second-order valence-electron chi connectivity index (χ2n) is 18.9. The number of aromatic carboxylic acids is 1. The molecular weight excluding hydrogens is 1010 g/mol. The molecule has 12 N–H and O–H groups in total. The molecule has 25 nitrogen and oxygen atoms in total. The van der Waals surface area contributed by atoms with Crippen molar-refractivity contribution in [1.82, 2.24) is 10.6 Å². The molecule has 73 heavy (non-hydrogen) atoms. The van der Waals surface area contributed by atoms with Crippen LogP contribution in [-0.2, 0) is 52.3 Å². The fraction of sp³-hybridized carbons (Fsp3) is 0.652. The van der Waals surface area contributed by atoms with Gasteiger partial charge >= 0.3 is 59.9 Å². The van der Waals surface area contributed by atoms with Crippen LogP contribution in [0.3, 0.4) is 0 Å². The predicted octanol–water partition coefficient (Wildman–Crippen LogP) is 6.30. The zero-order valence-corrected chi connectivity index (χ0v) is 44.4. The maximum Gasteiger partial charge on any atom is 0.373 e. The Morgan fingerprint density at radius 2 is 1.01 bits per heavy atom. The van der Waals surface area contributed by atoms with Crippen molar-refractivity contribution in [3.63, 3.8) is 0 Å². The van der Waals surface area contributed by atoms with Crippen molar-refractivity contribution in [2.24, 2.45) is 22.7 Å². The van der Waals surface area contributed by atoms with Gasteiger partial charge in [0.1, 0.15) is 6.04 Å². The molecule has 6 atom stereocenters. The minimum absolute atomic E-state index is 0.00944. The number of carboxylic acid groups (broad SMARTS) is 8. The molecule has 1 rings (SSSR count). The number of benzene rings is 1. The lowest BCUT2D eigenvalue weighted by Gasteiger charge is -2.23. The van der Waals surface area contributed by atoms with Gasteiger partial charge in [0, 0.05) is 50.5 Å². The van der Waals surface area contributed by atoms with E-state index in [0.717, 1.165) is 12.8 Å². The third-order valence-corrected chi connectivity index (χ3v) is 13.8. The van der Waals surface area contributed by atoms with E-state index in [9.17, 15) is 72.3 Å². The normalized spacial score (nSPS) is 13.9. The maximum atomic E-state index is 12.4. The summed E-state index contributed by atoms with van der Waals surface area (Å²) >= 11 is 0. The predicted molar refractivity (Wildman–Crippen MR) is 262 cm³/mol. The average Bonchev–Trinajstić information content (AvgIpc) is 3.24. The highest BCUT2D eigenvalue weighted by Crippen LogP contribution is 2.48.